The molecule has 1 aromatic heterocycles. The minimum absolute atomic E-state index is 0.279. The number of esters is 1. The minimum atomic E-state index is -0.473. The maximum absolute atomic E-state index is 12.7. The number of halogens is 1. The molecule has 1 amide bonds. The molecule has 2 aromatic carbocycles. The molecule has 1 heterocycles. The zero-order valence-electron chi connectivity index (χ0n) is 15.1. The standard InChI is InChI=1S/C21H18BrNO3S/c1-12-7-9-14(10-8-12)17-13(2)27-20(18(17)21(25)26-3)23-19(24)15-5-4-6-16(22)11-15/h4-11H,1-3H3,(H,23,24). The van der Waals surface area contributed by atoms with E-state index in [0.717, 1.165) is 26.0 Å². The first-order valence-corrected chi connectivity index (χ1v) is 9.87. The van der Waals surface area contributed by atoms with Crippen LogP contribution in [-0.2, 0) is 4.74 Å². The number of benzene rings is 2. The molecule has 138 valence electrons. The molecule has 0 spiro atoms. The Morgan fingerprint density at radius 1 is 1.07 bits per heavy atom. The molecule has 0 bridgehead atoms. The Kier molecular flexibility index (Phi) is 5.77. The summed E-state index contributed by atoms with van der Waals surface area (Å²) in [4.78, 5) is 26.1. The highest BCUT2D eigenvalue weighted by Crippen LogP contribution is 2.40. The SMILES string of the molecule is COC(=O)c1c(NC(=O)c2cccc(Br)c2)sc(C)c1-c1ccc(C)cc1. The van der Waals surface area contributed by atoms with Gasteiger partial charge in [0.05, 0.1) is 7.11 Å². The van der Waals surface area contributed by atoms with Gasteiger partial charge in [0.1, 0.15) is 10.6 Å². The topological polar surface area (TPSA) is 55.4 Å². The van der Waals surface area contributed by atoms with Crippen molar-refractivity contribution in [3.05, 3.63) is 74.6 Å². The van der Waals surface area contributed by atoms with E-state index in [4.69, 9.17) is 4.74 Å². The number of methoxy groups -OCH3 is 1. The molecule has 27 heavy (non-hydrogen) atoms. The number of carbonyl (C=O) groups excluding carboxylic acids is 2. The van der Waals surface area contributed by atoms with E-state index in [1.165, 1.54) is 18.4 Å². The van der Waals surface area contributed by atoms with Gasteiger partial charge in [-0.05, 0) is 37.6 Å². The number of hydrogen-bond acceptors (Lipinski definition) is 4. The zero-order valence-corrected chi connectivity index (χ0v) is 17.5. The summed E-state index contributed by atoms with van der Waals surface area (Å²) in [5, 5.41) is 3.36. The second-order valence-corrected chi connectivity index (χ2v) is 8.20. The number of thiophene rings is 1. The summed E-state index contributed by atoms with van der Waals surface area (Å²) < 4.78 is 5.80. The van der Waals surface area contributed by atoms with Crippen molar-refractivity contribution in [2.24, 2.45) is 0 Å². The molecule has 0 fully saturated rings. The third kappa shape index (κ3) is 4.12. The van der Waals surface area contributed by atoms with Gasteiger partial charge in [0.25, 0.3) is 5.91 Å². The maximum Gasteiger partial charge on any atom is 0.341 e. The van der Waals surface area contributed by atoms with Gasteiger partial charge in [-0.25, -0.2) is 4.79 Å². The first-order chi connectivity index (χ1) is 12.9. The molecule has 0 aliphatic rings. The third-order valence-electron chi connectivity index (χ3n) is 4.13. The molecular formula is C21H18BrNO3S. The van der Waals surface area contributed by atoms with Gasteiger partial charge >= 0.3 is 5.97 Å². The van der Waals surface area contributed by atoms with Crippen molar-refractivity contribution in [1.29, 1.82) is 0 Å². The summed E-state index contributed by atoms with van der Waals surface area (Å²) in [6.07, 6.45) is 0. The van der Waals surface area contributed by atoms with Crippen molar-refractivity contribution < 1.29 is 14.3 Å². The molecule has 0 atom stereocenters. The normalized spacial score (nSPS) is 10.5. The Balaban J connectivity index is 2.05. The predicted octanol–water partition coefficient (Wildman–Crippen LogP) is 5.83. The van der Waals surface area contributed by atoms with Crippen molar-refractivity contribution in [3.8, 4) is 11.1 Å². The van der Waals surface area contributed by atoms with Gasteiger partial charge in [-0.2, -0.15) is 0 Å². The van der Waals surface area contributed by atoms with Gasteiger partial charge in [0.15, 0.2) is 0 Å². The molecule has 3 aromatic rings. The van der Waals surface area contributed by atoms with Crippen LogP contribution >= 0.6 is 27.3 Å². The zero-order chi connectivity index (χ0) is 19.6. The number of rotatable bonds is 4. The van der Waals surface area contributed by atoms with Crippen LogP contribution < -0.4 is 5.32 Å². The summed E-state index contributed by atoms with van der Waals surface area (Å²) in [5.41, 5.74) is 3.72. The summed E-state index contributed by atoms with van der Waals surface area (Å²) >= 11 is 4.73. The quantitative estimate of drug-likeness (QED) is 0.515. The monoisotopic (exact) mass is 443 g/mol. The summed E-state index contributed by atoms with van der Waals surface area (Å²) in [5.74, 6) is -0.752. The maximum atomic E-state index is 12.7. The summed E-state index contributed by atoms with van der Waals surface area (Å²) in [7, 11) is 1.34. The lowest BCUT2D eigenvalue weighted by Gasteiger charge is -2.09. The van der Waals surface area contributed by atoms with E-state index in [2.05, 4.69) is 21.2 Å². The van der Waals surface area contributed by atoms with Gasteiger partial charge in [0, 0.05) is 20.5 Å². The molecule has 1 N–H and O–H groups in total. The average Bonchev–Trinajstić information content (AvgIpc) is 2.97. The van der Waals surface area contributed by atoms with Crippen molar-refractivity contribution >= 4 is 44.1 Å². The van der Waals surface area contributed by atoms with E-state index in [0.29, 0.717) is 16.1 Å². The van der Waals surface area contributed by atoms with E-state index < -0.39 is 5.97 Å². The molecule has 6 heteroatoms. The van der Waals surface area contributed by atoms with Crippen LogP contribution in [0.15, 0.2) is 53.0 Å². The number of hydrogen-bond donors (Lipinski definition) is 1. The third-order valence-corrected chi connectivity index (χ3v) is 5.64. The van der Waals surface area contributed by atoms with Crippen molar-refractivity contribution in [3.63, 3.8) is 0 Å². The Labute approximate surface area is 170 Å². The van der Waals surface area contributed by atoms with Gasteiger partial charge < -0.3 is 10.1 Å². The molecular weight excluding hydrogens is 426 g/mol. The lowest BCUT2D eigenvalue weighted by Crippen LogP contribution is -2.14. The van der Waals surface area contributed by atoms with Crippen LogP contribution in [0.5, 0.6) is 0 Å². The van der Waals surface area contributed by atoms with Crippen LogP contribution in [0.3, 0.4) is 0 Å². The van der Waals surface area contributed by atoms with Crippen LogP contribution in [0.1, 0.15) is 31.2 Å². The van der Waals surface area contributed by atoms with Gasteiger partial charge in [-0.15, -0.1) is 11.3 Å². The number of amides is 1. The van der Waals surface area contributed by atoms with Gasteiger partial charge in [-0.3, -0.25) is 4.79 Å². The highest BCUT2D eigenvalue weighted by Gasteiger charge is 2.25. The Hall–Kier alpha value is -2.44. The molecule has 4 nitrogen and oxygen atoms in total. The number of anilines is 1. The fourth-order valence-corrected chi connectivity index (χ4v) is 4.26. The second-order valence-electron chi connectivity index (χ2n) is 6.06. The van der Waals surface area contributed by atoms with E-state index in [9.17, 15) is 9.59 Å². The summed E-state index contributed by atoms with van der Waals surface area (Å²) in [6, 6.07) is 15.0. The van der Waals surface area contributed by atoms with Crippen LogP contribution in [0.2, 0.25) is 0 Å². The lowest BCUT2D eigenvalue weighted by molar-refractivity contribution is 0.0603. The van der Waals surface area contributed by atoms with Crippen LogP contribution in [0, 0.1) is 13.8 Å². The Morgan fingerprint density at radius 2 is 1.78 bits per heavy atom. The minimum Gasteiger partial charge on any atom is -0.465 e. The second kappa shape index (κ2) is 8.06. The van der Waals surface area contributed by atoms with E-state index >= 15 is 0 Å². The number of aryl methyl sites for hydroxylation is 2. The highest BCUT2D eigenvalue weighted by atomic mass is 79.9. The van der Waals surface area contributed by atoms with Crippen molar-refractivity contribution in [2.75, 3.05) is 12.4 Å². The fraction of sp³-hybridized carbons (Fsp3) is 0.143. The fourth-order valence-electron chi connectivity index (χ4n) is 2.80. The van der Waals surface area contributed by atoms with Gasteiger partial charge in [-0.1, -0.05) is 51.8 Å². The molecule has 0 saturated carbocycles. The smallest absolute Gasteiger partial charge is 0.341 e. The summed E-state index contributed by atoms with van der Waals surface area (Å²) in [6.45, 7) is 3.94. The first kappa shape index (κ1) is 19.3. The highest BCUT2D eigenvalue weighted by molar-refractivity contribution is 9.10. The largest absolute Gasteiger partial charge is 0.465 e. The molecule has 0 aliphatic heterocycles. The molecule has 0 saturated heterocycles. The number of ether oxygens (including phenoxy) is 1. The molecule has 0 unspecified atom stereocenters. The Morgan fingerprint density at radius 3 is 2.41 bits per heavy atom. The molecule has 0 aliphatic carbocycles. The Bertz CT molecular complexity index is 1010. The van der Waals surface area contributed by atoms with E-state index in [-0.39, 0.29) is 5.91 Å². The molecule has 0 radical (unpaired) electrons. The van der Waals surface area contributed by atoms with Crippen LogP contribution in [0.25, 0.3) is 11.1 Å². The van der Waals surface area contributed by atoms with Gasteiger partial charge in [0.2, 0.25) is 0 Å². The van der Waals surface area contributed by atoms with E-state index in [1.807, 2.05) is 44.2 Å². The molecule has 3 rings (SSSR count). The number of carbonyl (C=O) groups is 2. The van der Waals surface area contributed by atoms with Crippen LogP contribution in [-0.4, -0.2) is 19.0 Å². The van der Waals surface area contributed by atoms with Crippen molar-refractivity contribution in [2.45, 2.75) is 13.8 Å². The van der Waals surface area contributed by atoms with Crippen molar-refractivity contribution in [1.82, 2.24) is 0 Å². The van der Waals surface area contributed by atoms with Crippen LogP contribution in [0.4, 0.5) is 5.00 Å². The lowest BCUT2D eigenvalue weighted by atomic mass is 10.0. The van der Waals surface area contributed by atoms with E-state index in [1.54, 1.807) is 18.2 Å². The average molecular weight is 444 g/mol. The number of nitrogens with one attached hydrogen (secondary N) is 1. The first-order valence-electron chi connectivity index (χ1n) is 8.26. The predicted molar refractivity (Wildman–Crippen MR) is 113 cm³/mol.